The van der Waals surface area contributed by atoms with Gasteiger partial charge in [-0.3, -0.25) is 0 Å². The Hall–Kier alpha value is -1.03. The van der Waals surface area contributed by atoms with Crippen LogP contribution in [-0.4, -0.2) is 29.3 Å². The van der Waals surface area contributed by atoms with Crippen molar-refractivity contribution in [3.05, 3.63) is 11.9 Å². The highest BCUT2D eigenvalue weighted by atomic mass is 16.5. The molecule has 0 aliphatic heterocycles. The van der Waals surface area contributed by atoms with Crippen molar-refractivity contribution in [1.82, 2.24) is 9.55 Å². The van der Waals surface area contributed by atoms with Crippen molar-refractivity contribution in [1.29, 1.82) is 0 Å². The van der Waals surface area contributed by atoms with Crippen molar-refractivity contribution in [2.75, 3.05) is 19.0 Å². The number of ether oxygens (including phenoxy) is 1. The van der Waals surface area contributed by atoms with Gasteiger partial charge in [0, 0.05) is 25.4 Å². The van der Waals surface area contributed by atoms with Gasteiger partial charge in [-0.05, 0) is 44.9 Å². The highest BCUT2D eigenvalue weighted by Crippen LogP contribution is 2.37. The Kier molecular flexibility index (Phi) is 5.08. The molecule has 4 nitrogen and oxygen atoms in total. The normalized spacial score (nSPS) is 28.4. The van der Waals surface area contributed by atoms with Crippen molar-refractivity contribution < 1.29 is 4.74 Å². The van der Waals surface area contributed by atoms with E-state index in [9.17, 15) is 0 Å². The van der Waals surface area contributed by atoms with Gasteiger partial charge in [0.25, 0.3) is 0 Å². The summed E-state index contributed by atoms with van der Waals surface area (Å²) < 4.78 is 7.55. The molecule has 0 spiro atoms. The SMILES string of the molecule is COCC(C)Nc1nc(C)cn1C1CCC(C)C(C)C1. The number of methoxy groups -OCH3 is 1. The van der Waals surface area contributed by atoms with Gasteiger partial charge < -0.3 is 14.6 Å². The van der Waals surface area contributed by atoms with Crippen molar-refractivity contribution in [3.8, 4) is 0 Å². The number of aromatic nitrogens is 2. The van der Waals surface area contributed by atoms with E-state index >= 15 is 0 Å². The van der Waals surface area contributed by atoms with Crippen molar-refractivity contribution >= 4 is 5.95 Å². The van der Waals surface area contributed by atoms with Crippen molar-refractivity contribution in [2.24, 2.45) is 11.8 Å². The van der Waals surface area contributed by atoms with E-state index in [2.05, 4.69) is 48.8 Å². The number of hydrogen-bond donors (Lipinski definition) is 1. The first-order valence-corrected chi connectivity index (χ1v) is 7.82. The predicted molar refractivity (Wildman–Crippen MR) is 83.1 cm³/mol. The summed E-state index contributed by atoms with van der Waals surface area (Å²) in [4.78, 5) is 4.65. The number of rotatable bonds is 5. The van der Waals surface area contributed by atoms with Gasteiger partial charge in [-0.15, -0.1) is 0 Å². The van der Waals surface area contributed by atoms with Gasteiger partial charge >= 0.3 is 0 Å². The van der Waals surface area contributed by atoms with Crippen LogP contribution in [0.15, 0.2) is 6.20 Å². The van der Waals surface area contributed by atoms with E-state index in [0.717, 1.165) is 23.5 Å². The highest BCUT2D eigenvalue weighted by molar-refractivity contribution is 5.31. The summed E-state index contributed by atoms with van der Waals surface area (Å²) >= 11 is 0. The molecule has 1 aromatic heterocycles. The van der Waals surface area contributed by atoms with Crippen LogP contribution in [0.3, 0.4) is 0 Å². The van der Waals surface area contributed by atoms with Crippen LogP contribution in [0.1, 0.15) is 51.8 Å². The average molecular weight is 279 g/mol. The molecule has 0 saturated heterocycles. The fraction of sp³-hybridized carbons (Fsp3) is 0.812. The number of nitrogens with zero attached hydrogens (tertiary/aromatic N) is 2. The number of aryl methyl sites for hydroxylation is 1. The van der Waals surface area contributed by atoms with E-state index in [-0.39, 0.29) is 6.04 Å². The number of imidazole rings is 1. The second-order valence-electron chi connectivity index (χ2n) is 6.54. The number of anilines is 1. The molecule has 1 fully saturated rings. The Bertz CT molecular complexity index is 429. The fourth-order valence-electron chi connectivity index (χ4n) is 3.19. The molecule has 0 bridgehead atoms. The Morgan fingerprint density at radius 1 is 1.40 bits per heavy atom. The molecule has 1 aromatic rings. The van der Waals surface area contributed by atoms with Gasteiger partial charge in [0.15, 0.2) is 0 Å². The molecule has 1 N–H and O–H groups in total. The van der Waals surface area contributed by atoms with E-state index in [4.69, 9.17) is 4.74 Å². The fourth-order valence-corrected chi connectivity index (χ4v) is 3.19. The molecule has 20 heavy (non-hydrogen) atoms. The van der Waals surface area contributed by atoms with Crippen LogP contribution in [0, 0.1) is 18.8 Å². The lowest BCUT2D eigenvalue weighted by Gasteiger charge is -2.33. The number of nitrogens with one attached hydrogen (secondary N) is 1. The maximum absolute atomic E-state index is 5.20. The summed E-state index contributed by atoms with van der Waals surface area (Å²) in [6.07, 6.45) is 6.02. The maximum Gasteiger partial charge on any atom is 0.203 e. The Morgan fingerprint density at radius 3 is 2.80 bits per heavy atom. The number of hydrogen-bond acceptors (Lipinski definition) is 3. The lowest BCUT2D eigenvalue weighted by molar-refractivity contribution is 0.189. The standard InChI is InChI=1S/C16H29N3O/c1-11-6-7-15(8-12(11)2)19-9-13(3)17-16(19)18-14(4)10-20-5/h9,11-12,14-15H,6-8,10H2,1-5H3,(H,17,18). The maximum atomic E-state index is 5.20. The molecular formula is C16H29N3O. The molecule has 1 saturated carbocycles. The lowest BCUT2D eigenvalue weighted by Crippen LogP contribution is -2.27. The minimum atomic E-state index is 0.278. The molecule has 1 aliphatic rings. The summed E-state index contributed by atoms with van der Waals surface area (Å²) in [6.45, 7) is 9.64. The van der Waals surface area contributed by atoms with Crippen LogP contribution in [-0.2, 0) is 4.74 Å². The quantitative estimate of drug-likeness (QED) is 0.894. The second kappa shape index (κ2) is 6.61. The van der Waals surface area contributed by atoms with Crippen LogP contribution in [0.25, 0.3) is 0 Å². The largest absolute Gasteiger partial charge is 0.383 e. The summed E-state index contributed by atoms with van der Waals surface area (Å²) in [7, 11) is 1.74. The molecule has 0 amide bonds. The Balaban J connectivity index is 2.11. The molecular weight excluding hydrogens is 250 g/mol. The van der Waals surface area contributed by atoms with Gasteiger partial charge in [0.2, 0.25) is 5.95 Å². The molecule has 4 heteroatoms. The van der Waals surface area contributed by atoms with Gasteiger partial charge in [0.05, 0.1) is 12.3 Å². The molecule has 1 aliphatic carbocycles. The minimum Gasteiger partial charge on any atom is -0.383 e. The minimum absolute atomic E-state index is 0.278. The molecule has 4 unspecified atom stereocenters. The third kappa shape index (κ3) is 3.54. The molecule has 0 radical (unpaired) electrons. The van der Waals surface area contributed by atoms with E-state index in [1.165, 1.54) is 19.3 Å². The van der Waals surface area contributed by atoms with Crippen LogP contribution in [0.5, 0.6) is 0 Å². The Morgan fingerprint density at radius 2 is 2.15 bits per heavy atom. The van der Waals surface area contributed by atoms with Crippen molar-refractivity contribution in [2.45, 2.75) is 59.0 Å². The van der Waals surface area contributed by atoms with Crippen LogP contribution in [0.4, 0.5) is 5.95 Å². The predicted octanol–water partition coefficient (Wildman–Crippen LogP) is 3.64. The van der Waals surface area contributed by atoms with Gasteiger partial charge in [-0.1, -0.05) is 13.8 Å². The first-order chi connectivity index (χ1) is 9.51. The third-order valence-corrected chi connectivity index (χ3v) is 4.61. The zero-order valence-corrected chi connectivity index (χ0v) is 13.5. The molecule has 0 aromatic carbocycles. The summed E-state index contributed by atoms with van der Waals surface area (Å²) in [5.74, 6) is 2.64. The zero-order chi connectivity index (χ0) is 14.7. The molecule has 1 heterocycles. The highest BCUT2D eigenvalue weighted by Gasteiger charge is 2.27. The van der Waals surface area contributed by atoms with Crippen LogP contribution < -0.4 is 5.32 Å². The zero-order valence-electron chi connectivity index (χ0n) is 13.5. The van der Waals surface area contributed by atoms with Crippen molar-refractivity contribution in [3.63, 3.8) is 0 Å². The first-order valence-electron chi connectivity index (χ1n) is 7.82. The lowest BCUT2D eigenvalue weighted by atomic mass is 9.79. The molecule has 4 atom stereocenters. The molecule has 2 rings (SSSR count). The Labute approximate surface area is 122 Å². The van der Waals surface area contributed by atoms with Gasteiger partial charge in [-0.2, -0.15) is 0 Å². The van der Waals surface area contributed by atoms with E-state index < -0.39 is 0 Å². The topological polar surface area (TPSA) is 39.1 Å². The monoisotopic (exact) mass is 279 g/mol. The van der Waals surface area contributed by atoms with Gasteiger partial charge in [-0.25, -0.2) is 4.98 Å². The average Bonchev–Trinajstić information content (AvgIpc) is 2.74. The summed E-state index contributed by atoms with van der Waals surface area (Å²) in [5, 5.41) is 3.48. The van der Waals surface area contributed by atoms with Crippen LogP contribution >= 0.6 is 0 Å². The van der Waals surface area contributed by atoms with E-state index in [1.54, 1.807) is 7.11 Å². The molecule has 114 valence electrons. The smallest absolute Gasteiger partial charge is 0.203 e. The third-order valence-electron chi connectivity index (χ3n) is 4.61. The first kappa shape index (κ1) is 15.4. The van der Waals surface area contributed by atoms with E-state index in [0.29, 0.717) is 12.6 Å². The van der Waals surface area contributed by atoms with E-state index in [1.807, 2.05) is 0 Å². The summed E-state index contributed by atoms with van der Waals surface area (Å²) in [5.41, 5.74) is 1.09. The van der Waals surface area contributed by atoms with Gasteiger partial charge in [0.1, 0.15) is 0 Å². The second-order valence-corrected chi connectivity index (χ2v) is 6.54. The summed E-state index contributed by atoms with van der Waals surface area (Å²) in [6, 6.07) is 0.861. The van der Waals surface area contributed by atoms with Crippen LogP contribution in [0.2, 0.25) is 0 Å².